The monoisotopic (exact) mass is 331 g/mol. The third-order valence-corrected chi connectivity index (χ3v) is 3.81. The van der Waals surface area contributed by atoms with Gasteiger partial charge in [0.25, 0.3) is 0 Å². The van der Waals surface area contributed by atoms with Gasteiger partial charge >= 0.3 is 6.18 Å². The minimum Gasteiger partial charge on any atom is -0.383 e. The van der Waals surface area contributed by atoms with Crippen LogP contribution in [0.5, 0.6) is 0 Å². The molecule has 1 aliphatic rings. The topological polar surface area (TPSA) is 58.8 Å². The van der Waals surface area contributed by atoms with E-state index in [4.69, 9.17) is 10.5 Å². The number of hydrogen-bond acceptors (Lipinski definition) is 4. The van der Waals surface area contributed by atoms with Crippen molar-refractivity contribution in [3.05, 3.63) is 29.8 Å². The zero-order valence-electron chi connectivity index (χ0n) is 12.8. The Labute approximate surface area is 132 Å². The van der Waals surface area contributed by atoms with E-state index < -0.39 is 17.8 Å². The number of carbonyl (C=O) groups is 1. The van der Waals surface area contributed by atoms with Gasteiger partial charge in [0, 0.05) is 39.0 Å². The second-order valence-corrected chi connectivity index (χ2v) is 5.42. The van der Waals surface area contributed by atoms with Crippen LogP contribution in [0.25, 0.3) is 0 Å². The van der Waals surface area contributed by atoms with Crippen molar-refractivity contribution >= 4 is 11.6 Å². The highest BCUT2D eigenvalue weighted by Crippen LogP contribution is 2.30. The number of rotatable bonds is 4. The zero-order chi connectivity index (χ0) is 17.0. The predicted octanol–water partition coefficient (Wildman–Crippen LogP) is 1.33. The van der Waals surface area contributed by atoms with Gasteiger partial charge in [-0.15, -0.1) is 0 Å². The summed E-state index contributed by atoms with van der Waals surface area (Å²) in [5.41, 5.74) is 5.77. The normalized spacial score (nSPS) is 17.3. The lowest BCUT2D eigenvalue weighted by Crippen LogP contribution is -2.54. The van der Waals surface area contributed by atoms with Crippen molar-refractivity contribution in [2.75, 3.05) is 44.8 Å². The Balaban J connectivity index is 1.93. The van der Waals surface area contributed by atoms with Crippen LogP contribution >= 0.6 is 0 Å². The second-order valence-electron chi connectivity index (χ2n) is 5.42. The molecule has 128 valence electrons. The van der Waals surface area contributed by atoms with Gasteiger partial charge in [-0.1, -0.05) is 0 Å². The fourth-order valence-electron chi connectivity index (χ4n) is 2.53. The van der Waals surface area contributed by atoms with Crippen LogP contribution in [0.4, 0.5) is 18.9 Å². The van der Waals surface area contributed by atoms with E-state index in [9.17, 15) is 18.0 Å². The van der Waals surface area contributed by atoms with Gasteiger partial charge in [0.15, 0.2) is 0 Å². The molecule has 0 spiro atoms. The van der Waals surface area contributed by atoms with E-state index in [1.165, 1.54) is 19.2 Å². The van der Waals surface area contributed by atoms with Crippen molar-refractivity contribution < 1.29 is 22.7 Å². The summed E-state index contributed by atoms with van der Waals surface area (Å²) in [4.78, 5) is 15.7. The molecule has 1 aliphatic heterocycles. The lowest BCUT2D eigenvalue weighted by atomic mass is 10.1. The molecule has 0 bridgehead atoms. The highest BCUT2D eigenvalue weighted by atomic mass is 19.4. The van der Waals surface area contributed by atoms with Crippen LogP contribution in [0.15, 0.2) is 24.3 Å². The first-order valence-corrected chi connectivity index (χ1v) is 7.28. The Hall–Kier alpha value is -1.80. The van der Waals surface area contributed by atoms with Crippen molar-refractivity contribution in [2.24, 2.45) is 5.73 Å². The standard InChI is InChI=1S/C15H20F3N3O2/c1-23-10-13(19)14(22)21-8-6-20(7-9-21)12-4-2-11(3-5-12)15(16,17)18/h2-5,13H,6-10,19H2,1H3. The fraction of sp³-hybridized carbons (Fsp3) is 0.533. The minimum atomic E-state index is -4.33. The van der Waals surface area contributed by atoms with Gasteiger partial charge in [-0.05, 0) is 24.3 Å². The Morgan fingerprint density at radius 3 is 2.26 bits per heavy atom. The van der Waals surface area contributed by atoms with E-state index in [-0.39, 0.29) is 12.5 Å². The van der Waals surface area contributed by atoms with Gasteiger partial charge in [-0.25, -0.2) is 0 Å². The molecule has 1 atom stereocenters. The lowest BCUT2D eigenvalue weighted by molar-refractivity contribution is -0.137. The SMILES string of the molecule is COCC(N)C(=O)N1CCN(c2ccc(C(F)(F)F)cc2)CC1. The predicted molar refractivity (Wildman–Crippen MR) is 80.1 cm³/mol. The molecule has 5 nitrogen and oxygen atoms in total. The molecule has 23 heavy (non-hydrogen) atoms. The second kappa shape index (κ2) is 7.18. The third-order valence-electron chi connectivity index (χ3n) is 3.81. The summed E-state index contributed by atoms with van der Waals surface area (Å²) in [6.45, 7) is 2.24. The van der Waals surface area contributed by atoms with E-state index >= 15 is 0 Å². The average molecular weight is 331 g/mol. The van der Waals surface area contributed by atoms with Crippen LogP contribution in [0, 0.1) is 0 Å². The maximum atomic E-state index is 12.6. The van der Waals surface area contributed by atoms with E-state index in [2.05, 4.69) is 0 Å². The number of nitrogens with two attached hydrogens (primary N) is 1. The molecule has 2 rings (SSSR count). The average Bonchev–Trinajstić information content (AvgIpc) is 2.54. The molecule has 1 fully saturated rings. The first-order chi connectivity index (χ1) is 10.8. The molecule has 0 radical (unpaired) electrons. The van der Waals surface area contributed by atoms with E-state index in [0.29, 0.717) is 31.9 Å². The number of benzene rings is 1. The van der Waals surface area contributed by atoms with Gasteiger partial charge in [-0.2, -0.15) is 13.2 Å². The van der Waals surface area contributed by atoms with Crippen molar-refractivity contribution in [1.82, 2.24) is 4.90 Å². The van der Waals surface area contributed by atoms with Gasteiger partial charge in [0.2, 0.25) is 5.91 Å². The highest BCUT2D eigenvalue weighted by molar-refractivity contribution is 5.82. The summed E-state index contributed by atoms with van der Waals surface area (Å²) in [7, 11) is 1.48. The zero-order valence-corrected chi connectivity index (χ0v) is 12.8. The van der Waals surface area contributed by atoms with Gasteiger partial charge in [-0.3, -0.25) is 4.79 Å². The maximum absolute atomic E-state index is 12.6. The number of halogens is 3. The molecular formula is C15H20F3N3O2. The molecule has 1 amide bonds. The number of nitrogens with zero attached hydrogens (tertiary/aromatic N) is 2. The smallest absolute Gasteiger partial charge is 0.383 e. The number of hydrogen-bond donors (Lipinski definition) is 1. The lowest BCUT2D eigenvalue weighted by Gasteiger charge is -2.37. The molecule has 1 aromatic rings. The summed E-state index contributed by atoms with van der Waals surface area (Å²) < 4.78 is 42.6. The quantitative estimate of drug-likeness (QED) is 0.904. The van der Waals surface area contributed by atoms with Gasteiger partial charge < -0.3 is 20.3 Å². The molecule has 8 heteroatoms. The molecule has 1 unspecified atom stereocenters. The molecule has 0 aliphatic carbocycles. The number of methoxy groups -OCH3 is 1. The van der Waals surface area contributed by atoms with Crippen LogP contribution in [-0.2, 0) is 15.7 Å². The van der Waals surface area contributed by atoms with Crippen LogP contribution < -0.4 is 10.6 Å². The Kier molecular flexibility index (Phi) is 5.48. The van der Waals surface area contributed by atoms with Crippen molar-refractivity contribution in [2.45, 2.75) is 12.2 Å². The Morgan fingerprint density at radius 1 is 1.22 bits per heavy atom. The van der Waals surface area contributed by atoms with Gasteiger partial charge in [0.1, 0.15) is 6.04 Å². The first kappa shape index (κ1) is 17.6. The number of piperazine rings is 1. The molecule has 0 aromatic heterocycles. The summed E-state index contributed by atoms with van der Waals surface area (Å²) >= 11 is 0. The molecule has 2 N–H and O–H groups in total. The van der Waals surface area contributed by atoms with Crippen molar-refractivity contribution in [3.8, 4) is 0 Å². The molecule has 1 aromatic carbocycles. The number of amides is 1. The molecular weight excluding hydrogens is 311 g/mol. The molecule has 0 saturated carbocycles. The van der Waals surface area contributed by atoms with Crippen LogP contribution in [0.3, 0.4) is 0 Å². The number of carbonyl (C=O) groups excluding carboxylic acids is 1. The fourth-order valence-corrected chi connectivity index (χ4v) is 2.53. The summed E-state index contributed by atoms with van der Waals surface area (Å²) in [6, 6.07) is 4.37. The van der Waals surface area contributed by atoms with Crippen molar-refractivity contribution in [3.63, 3.8) is 0 Å². The van der Waals surface area contributed by atoms with Gasteiger partial charge in [0.05, 0.1) is 12.2 Å². The third kappa shape index (κ3) is 4.35. The molecule has 1 heterocycles. The van der Waals surface area contributed by atoms with Crippen LogP contribution in [0.1, 0.15) is 5.56 Å². The van der Waals surface area contributed by atoms with Crippen molar-refractivity contribution in [1.29, 1.82) is 0 Å². The summed E-state index contributed by atoms with van der Waals surface area (Å²) in [5.74, 6) is -0.168. The Morgan fingerprint density at radius 2 is 1.78 bits per heavy atom. The van der Waals surface area contributed by atoms with E-state index in [0.717, 1.165) is 12.1 Å². The number of alkyl halides is 3. The molecule has 1 saturated heterocycles. The summed E-state index contributed by atoms with van der Waals surface area (Å²) in [6.07, 6.45) is -4.33. The highest BCUT2D eigenvalue weighted by Gasteiger charge is 2.30. The van der Waals surface area contributed by atoms with E-state index in [1.807, 2.05) is 4.90 Å². The largest absolute Gasteiger partial charge is 0.416 e. The van der Waals surface area contributed by atoms with Crippen LogP contribution in [0.2, 0.25) is 0 Å². The minimum absolute atomic E-state index is 0.165. The number of ether oxygens (including phenoxy) is 1. The van der Waals surface area contributed by atoms with Crippen LogP contribution in [-0.4, -0.2) is 56.7 Å². The number of anilines is 1. The first-order valence-electron chi connectivity index (χ1n) is 7.28. The van der Waals surface area contributed by atoms with E-state index in [1.54, 1.807) is 4.90 Å². The Bertz CT molecular complexity index is 526. The summed E-state index contributed by atoms with van der Waals surface area (Å²) in [5, 5.41) is 0. The maximum Gasteiger partial charge on any atom is 0.416 e.